The van der Waals surface area contributed by atoms with E-state index in [1.54, 1.807) is 11.3 Å². The van der Waals surface area contributed by atoms with E-state index in [1.807, 2.05) is 0 Å². The molecule has 0 aliphatic rings. The summed E-state index contributed by atoms with van der Waals surface area (Å²) in [5, 5.41) is 9.61. The molecular formula is C51H31N3S. The molecule has 0 saturated heterocycles. The molecule has 0 radical (unpaired) electrons. The molecule has 0 aliphatic heterocycles. The predicted octanol–water partition coefficient (Wildman–Crippen LogP) is 14.0. The monoisotopic (exact) mass is 717 g/mol. The molecule has 0 saturated carbocycles. The van der Waals surface area contributed by atoms with E-state index in [0.29, 0.717) is 17.5 Å². The average Bonchev–Trinajstić information content (AvgIpc) is 3.65. The van der Waals surface area contributed by atoms with Gasteiger partial charge in [-0.1, -0.05) is 152 Å². The number of aromatic nitrogens is 3. The van der Waals surface area contributed by atoms with E-state index >= 15 is 0 Å². The van der Waals surface area contributed by atoms with Crippen LogP contribution in [-0.2, 0) is 0 Å². The zero-order valence-corrected chi connectivity index (χ0v) is 30.5. The third-order valence-corrected chi connectivity index (χ3v) is 11.9. The first-order valence-corrected chi connectivity index (χ1v) is 19.3. The summed E-state index contributed by atoms with van der Waals surface area (Å²) in [5.74, 6) is 1.95. The summed E-state index contributed by atoms with van der Waals surface area (Å²) < 4.78 is 2.42. The van der Waals surface area contributed by atoms with E-state index in [0.717, 1.165) is 38.6 Å². The molecule has 2 aromatic heterocycles. The van der Waals surface area contributed by atoms with Crippen molar-refractivity contribution in [1.29, 1.82) is 0 Å². The maximum atomic E-state index is 5.31. The molecule has 256 valence electrons. The summed E-state index contributed by atoms with van der Waals surface area (Å²) in [6.45, 7) is 0. The van der Waals surface area contributed by atoms with Crippen molar-refractivity contribution in [2.45, 2.75) is 0 Å². The molecule has 0 N–H and O–H groups in total. The number of thiophene rings is 1. The lowest BCUT2D eigenvalue weighted by atomic mass is 9.93. The van der Waals surface area contributed by atoms with Gasteiger partial charge >= 0.3 is 0 Å². The normalized spacial score (nSPS) is 11.6. The Kier molecular flexibility index (Phi) is 7.35. The molecule has 3 nitrogen and oxygen atoms in total. The van der Waals surface area contributed by atoms with E-state index in [-0.39, 0.29) is 0 Å². The molecule has 11 rings (SSSR count). The van der Waals surface area contributed by atoms with Crippen molar-refractivity contribution in [3.63, 3.8) is 0 Å². The number of nitrogens with zero attached hydrogens (tertiary/aromatic N) is 3. The predicted molar refractivity (Wildman–Crippen MR) is 232 cm³/mol. The standard InChI is InChI=1S/C51H31N3S/c1-3-13-34-29-37(25-23-32(34)11-1)36-15-9-16-39(31-36)49-52-50(54-51(53-49)46-21-10-20-44-43-19-7-8-22-47(43)55-48(44)46)45-28-27-40(41-17-5-6-18-42(41)45)38-26-24-33-12-2-4-14-35(33)30-38/h1-31H. The van der Waals surface area contributed by atoms with Crippen molar-refractivity contribution >= 4 is 63.8 Å². The minimum Gasteiger partial charge on any atom is -0.208 e. The third kappa shape index (κ3) is 5.46. The fourth-order valence-corrected chi connectivity index (χ4v) is 9.19. The first-order valence-electron chi connectivity index (χ1n) is 18.5. The number of hydrogen-bond acceptors (Lipinski definition) is 4. The number of rotatable bonds is 5. The maximum absolute atomic E-state index is 5.31. The Morgan fingerprint density at radius 1 is 0.291 bits per heavy atom. The van der Waals surface area contributed by atoms with Crippen LogP contribution < -0.4 is 0 Å². The quantitative estimate of drug-likeness (QED) is 0.178. The maximum Gasteiger partial charge on any atom is 0.165 e. The van der Waals surface area contributed by atoms with Crippen LogP contribution in [0.1, 0.15) is 0 Å². The highest BCUT2D eigenvalue weighted by atomic mass is 32.1. The highest BCUT2D eigenvalue weighted by Gasteiger charge is 2.19. The van der Waals surface area contributed by atoms with Crippen molar-refractivity contribution < 1.29 is 0 Å². The van der Waals surface area contributed by atoms with Gasteiger partial charge in [-0.2, -0.15) is 0 Å². The molecule has 11 aromatic rings. The largest absolute Gasteiger partial charge is 0.208 e. The van der Waals surface area contributed by atoms with Crippen molar-refractivity contribution in [2.75, 3.05) is 0 Å². The molecule has 0 aliphatic carbocycles. The Bertz CT molecular complexity index is 3290. The molecular weight excluding hydrogens is 687 g/mol. The summed E-state index contributed by atoms with van der Waals surface area (Å²) in [7, 11) is 0. The van der Waals surface area contributed by atoms with Crippen LogP contribution >= 0.6 is 11.3 Å². The van der Waals surface area contributed by atoms with Gasteiger partial charge in [0, 0.05) is 36.9 Å². The lowest BCUT2D eigenvalue weighted by molar-refractivity contribution is 1.08. The van der Waals surface area contributed by atoms with Crippen LogP contribution in [0.5, 0.6) is 0 Å². The van der Waals surface area contributed by atoms with E-state index in [9.17, 15) is 0 Å². The van der Waals surface area contributed by atoms with Crippen molar-refractivity contribution in [1.82, 2.24) is 15.0 Å². The van der Waals surface area contributed by atoms with Gasteiger partial charge < -0.3 is 0 Å². The van der Waals surface area contributed by atoms with Crippen LogP contribution in [0.4, 0.5) is 0 Å². The molecule has 2 heterocycles. The molecule has 0 unspecified atom stereocenters. The molecule has 9 aromatic carbocycles. The van der Waals surface area contributed by atoms with Gasteiger partial charge in [0.25, 0.3) is 0 Å². The minimum atomic E-state index is 0.642. The van der Waals surface area contributed by atoms with Crippen molar-refractivity contribution in [3.8, 4) is 56.4 Å². The van der Waals surface area contributed by atoms with E-state index in [4.69, 9.17) is 15.0 Å². The summed E-state index contributed by atoms with van der Waals surface area (Å²) >= 11 is 1.79. The van der Waals surface area contributed by atoms with Gasteiger partial charge in [-0.25, -0.2) is 15.0 Å². The fourth-order valence-electron chi connectivity index (χ4n) is 7.98. The van der Waals surface area contributed by atoms with Crippen LogP contribution in [0.2, 0.25) is 0 Å². The van der Waals surface area contributed by atoms with E-state index in [2.05, 4.69) is 188 Å². The number of fused-ring (bicyclic) bond motifs is 6. The topological polar surface area (TPSA) is 38.7 Å². The van der Waals surface area contributed by atoms with Crippen LogP contribution in [0.3, 0.4) is 0 Å². The third-order valence-electron chi connectivity index (χ3n) is 10.7. The van der Waals surface area contributed by atoms with Gasteiger partial charge in [0.15, 0.2) is 17.5 Å². The second-order valence-corrected chi connectivity index (χ2v) is 15.0. The van der Waals surface area contributed by atoms with Crippen LogP contribution in [0.15, 0.2) is 188 Å². The Labute approximate surface area is 321 Å². The smallest absolute Gasteiger partial charge is 0.165 e. The SMILES string of the molecule is c1cc(-c2ccc3ccccc3c2)cc(-c2nc(-c3ccc(-c4ccc5ccccc5c4)c4ccccc34)nc(-c3cccc4c3sc3ccccc34)n2)c1. The summed E-state index contributed by atoms with van der Waals surface area (Å²) in [4.78, 5) is 15.9. The Hall–Kier alpha value is -7.01. The summed E-state index contributed by atoms with van der Waals surface area (Å²) in [5.41, 5.74) is 7.55. The van der Waals surface area contributed by atoms with Crippen molar-refractivity contribution in [2.24, 2.45) is 0 Å². The molecule has 0 bridgehead atoms. The van der Waals surface area contributed by atoms with Crippen LogP contribution in [0, 0.1) is 0 Å². The molecule has 0 atom stereocenters. The second kappa shape index (κ2) is 12.8. The first kappa shape index (κ1) is 31.5. The van der Waals surface area contributed by atoms with E-state index in [1.165, 1.54) is 52.8 Å². The number of benzene rings is 9. The van der Waals surface area contributed by atoms with E-state index < -0.39 is 0 Å². The highest BCUT2D eigenvalue weighted by Crippen LogP contribution is 2.41. The summed E-state index contributed by atoms with van der Waals surface area (Å²) in [6, 6.07) is 67.0. The van der Waals surface area contributed by atoms with Gasteiger partial charge in [0.1, 0.15) is 0 Å². The average molecular weight is 718 g/mol. The van der Waals surface area contributed by atoms with Gasteiger partial charge in [-0.05, 0) is 91.0 Å². The van der Waals surface area contributed by atoms with Gasteiger partial charge in [0.05, 0.1) is 0 Å². The van der Waals surface area contributed by atoms with Crippen molar-refractivity contribution in [3.05, 3.63) is 188 Å². The fraction of sp³-hybridized carbons (Fsp3) is 0. The van der Waals surface area contributed by atoms with Gasteiger partial charge in [-0.3, -0.25) is 0 Å². The zero-order valence-electron chi connectivity index (χ0n) is 29.6. The van der Waals surface area contributed by atoms with Gasteiger partial charge in [0.2, 0.25) is 0 Å². The molecule has 4 heteroatoms. The van der Waals surface area contributed by atoms with Crippen LogP contribution in [0.25, 0.3) is 109 Å². The highest BCUT2D eigenvalue weighted by molar-refractivity contribution is 7.26. The Morgan fingerprint density at radius 2 is 0.818 bits per heavy atom. The van der Waals surface area contributed by atoms with Gasteiger partial charge in [-0.15, -0.1) is 11.3 Å². The minimum absolute atomic E-state index is 0.642. The second-order valence-electron chi connectivity index (χ2n) is 14.0. The number of hydrogen-bond donors (Lipinski definition) is 0. The Balaban J connectivity index is 1.12. The summed E-state index contributed by atoms with van der Waals surface area (Å²) in [6.07, 6.45) is 0. The molecule has 0 fully saturated rings. The molecule has 55 heavy (non-hydrogen) atoms. The first-order chi connectivity index (χ1) is 27.2. The lowest BCUT2D eigenvalue weighted by Gasteiger charge is -2.14. The lowest BCUT2D eigenvalue weighted by Crippen LogP contribution is -2.01. The molecule has 0 amide bonds. The molecule has 0 spiro atoms. The Morgan fingerprint density at radius 3 is 1.60 bits per heavy atom. The van der Waals surface area contributed by atoms with Crippen LogP contribution in [-0.4, -0.2) is 15.0 Å². The zero-order chi connectivity index (χ0) is 36.3.